The number of anilines is 1. The number of amides is 1. The number of rotatable bonds is 6. The molecule has 6 heteroatoms. The Morgan fingerprint density at radius 2 is 1.78 bits per heavy atom. The van der Waals surface area contributed by atoms with Gasteiger partial charge in [-0.2, -0.15) is 0 Å². The monoisotopic (exact) mass is 386 g/mol. The van der Waals surface area contributed by atoms with Crippen molar-refractivity contribution >= 4 is 21.4 Å². The molecule has 27 heavy (non-hydrogen) atoms. The van der Waals surface area contributed by atoms with Gasteiger partial charge < -0.3 is 9.80 Å². The van der Waals surface area contributed by atoms with E-state index >= 15 is 0 Å². The van der Waals surface area contributed by atoms with Crippen molar-refractivity contribution in [1.82, 2.24) is 4.90 Å². The summed E-state index contributed by atoms with van der Waals surface area (Å²) in [5.74, 6) is -0.170. The van der Waals surface area contributed by atoms with Crippen molar-refractivity contribution < 1.29 is 13.2 Å². The Kier molecular flexibility index (Phi) is 5.85. The molecular formula is C21H26N2O3S. The van der Waals surface area contributed by atoms with Gasteiger partial charge in [0.15, 0.2) is 9.84 Å². The Bertz CT molecular complexity index is 919. The molecule has 1 fully saturated rings. The van der Waals surface area contributed by atoms with E-state index < -0.39 is 9.84 Å². The number of para-hydroxylation sites is 1. The molecule has 1 heterocycles. The molecule has 3 rings (SSSR count). The fraction of sp³-hybridized carbons (Fsp3) is 0.381. The molecule has 1 aliphatic heterocycles. The molecule has 0 N–H and O–H groups in total. The van der Waals surface area contributed by atoms with Gasteiger partial charge in [0.2, 0.25) is 0 Å². The molecular weight excluding hydrogens is 360 g/mol. The molecule has 0 spiro atoms. The lowest BCUT2D eigenvalue weighted by molar-refractivity contribution is 0.0785. The number of carbonyl (C=O) groups is 1. The molecule has 0 unspecified atom stereocenters. The predicted molar refractivity (Wildman–Crippen MR) is 109 cm³/mol. The van der Waals surface area contributed by atoms with E-state index in [0.717, 1.165) is 18.7 Å². The van der Waals surface area contributed by atoms with Crippen molar-refractivity contribution in [2.75, 3.05) is 31.3 Å². The van der Waals surface area contributed by atoms with E-state index in [1.807, 2.05) is 12.1 Å². The van der Waals surface area contributed by atoms with Crippen LogP contribution in [-0.2, 0) is 22.1 Å². The Hall–Kier alpha value is -2.34. The SMILES string of the molecule is CN(Cc1ccccc1N1CCCC1)C(=O)c1cccc(CS(C)(=O)=O)c1. The zero-order chi connectivity index (χ0) is 19.4. The minimum absolute atomic E-state index is 0.0599. The lowest BCUT2D eigenvalue weighted by Crippen LogP contribution is -2.28. The average molecular weight is 387 g/mol. The van der Waals surface area contributed by atoms with E-state index in [1.54, 1.807) is 36.2 Å². The van der Waals surface area contributed by atoms with Crippen LogP contribution in [0.4, 0.5) is 5.69 Å². The van der Waals surface area contributed by atoms with Gasteiger partial charge in [-0.1, -0.05) is 30.3 Å². The Morgan fingerprint density at radius 1 is 1.07 bits per heavy atom. The summed E-state index contributed by atoms with van der Waals surface area (Å²) in [5.41, 5.74) is 3.47. The third kappa shape index (κ3) is 5.10. The summed E-state index contributed by atoms with van der Waals surface area (Å²) in [6, 6.07) is 15.1. The number of benzene rings is 2. The molecule has 0 bridgehead atoms. The molecule has 2 aromatic carbocycles. The van der Waals surface area contributed by atoms with Gasteiger partial charge in [-0.3, -0.25) is 4.79 Å². The van der Waals surface area contributed by atoms with Crippen LogP contribution in [0.3, 0.4) is 0 Å². The normalized spacial score (nSPS) is 14.4. The molecule has 1 aliphatic rings. The quantitative estimate of drug-likeness (QED) is 0.765. The van der Waals surface area contributed by atoms with Crippen molar-refractivity contribution in [3.8, 4) is 0 Å². The van der Waals surface area contributed by atoms with E-state index in [-0.39, 0.29) is 11.7 Å². The second kappa shape index (κ2) is 8.13. The largest absolute Gasteiger partial charge is 0.371 e. The van der Waals surface area contributed by atoms with Crippen LogP contribution in [0.5, 0.6) is 0 Å². The highest BCUT2D eigenvalue weighted by atomic mass is 32.2. The first-order valence-corrected chi connectivity index (χ1v) is 11.2. The Balaban J connectivity index is 1.76. The van der Waals surface area contributed by atoms with Crippen LogP contribution in [0, 0.1) is 0 Å². The minimum atomic E-state index is -3.13. The summed E-state index contributed by atoms with van der Waals surface area (Å²) in [6.07, 6.45) is 3.61. The summed E-state index contributed by atoms with van der Waals surface area (Å²) < 4.78 is 23.0. The minimum Gasteiger partial charge on any atom is -0.371 e. The van der Waals surface area contributed by atoms with Gasteiger partial charge in [-0.15, -0.1) is 0 Å². The molecule has 0 aromatic heterocycles. The molecule has 0 saturated carbocycles. The van der Waals surface area contributed by atoms with Crippen molar-refractivity contribution in [3.05, 3.63) is 65.2 Å². The Labute approximate surface area is 161 Å². The summed E-state index contributed by atoms with van der Waals surface area (Å²) >= 11 is 0. The van der Waals surface area contributed by atoms with Crippen molar-refractivity contribution in [1.29, 1.82) is 0 Å². The van der Waals surface area contributed by atoms with Crippen LogP contribution in [-0.4, -0.2) is 45.6 Å². The fourth-order valence-electron chi connectivity index (χ4n) is 3.56. The predicted octanol–water partition coefficient (Wildman–Crippen LogP) is 3.10. The van der Waals surface area contributed by atoms with Gasteiger partial charge in [-0.05, 0) is 42.2 Å². The lowest BCUT2D eigenvalue weighted by Gasteiger charge is -2.24. The van der Waals surface area contributed by atoms with Crippen molar-refractivity contribution in [2.24, 2.45) is 0 Å². The maximum absolute atomic E-state index is 12.9. The summed E-state index contributed by atoms with van der Waals surface area (Å²) in [5, 5.41) is 0. The molecule has 0 aliphatic carbocycles. The maximum atomic E-state index is 12.9. The van der Waals surface area contributed by atoms with Crippen LogP contribution < -0.4 is 4.90 Å². The van der Waals surface area contributed by atoms with Gasteiger partial charge >= 0.3 is 0 Å². The van der Waals surface area contributed by atoms with E-state index in [2.05, 4.69) is 17.0 Å². The average Bonchev–Trinajstić information content (AvgIpc) is 3.14. The number of hydrogen-bond donors (Lipinski definition) is 0. The van der Waals surface area contributed by atoms with E-state index in [9.17, 15) is 13.2 Å². The van der Waals surface area contributed by atoms with Crippen LogP contribution in [0.2, 0.25) is 0 Å². The number of nitrogens with zero attached hydrogens (tertiary/aromatic N) is 2. The summed E-state index contributed by atoms with van der Waals surface area (Å²) in [6.45, 7) is 2.63. The van der Waals surface area contributed by atoms with Gasteiger partial charge in [-0.25, -0.2) is 8.42 Å². The Morgan fingerprint density at radius 3 is 2.48 bits per heavy atom. The van der Waals surface area contributed by atoms with Gasteiger partial charge in [0, 0.05) is 44.2 Å². The first-order valence-electron chi connectivity index (χ1n) is 9.18. The van der Waals surface area contributed by atoms with E-state index in [4.69, 9.17) is 0 Å². The van der Waals surface area contributed by atoms with E-state index in [0.29, 0.717) is 17.7 Å². The third-order valence-electron chi connectivity index (χ3n) is 4.80. The lowest BCUT2D eigenvalue weighted by atomic mass is 10.1. The second-order valence-corrected chi connectivity index (χ2v) is 9.39. The topological polar surface area (TPSA) is 57.7 Å². The first kappa shape index (κ1) is 19.4. The van der Waals surface area contributed by atoms with Crippen molar-refractivity contribution in [3.63, 3.8) is 0 Å². The molecule has 1 amide bonds. The molecule has 0 radical (unpaired) electrons. The second-order valence-electron chi connectivity index (χ2n) is 7.25. The van der Waals surface area contributed by atoms with Crippen LogP contribution in [0.25, 0.3) is 0 Å². The molecule has 1 saturated heterocycles. The molecule has 144 valence electrons. The van der Waals surface area contributed by atoms with Crippen molar-refractivity contribution in [2.45, 2.75) is 25.1 Å². The molecule has 5 nitrogen and oxygen atoms in total. The van der Waals surface area contributed by atoms with Crippen LogP contribution in [0.1, 0.15) is 34.3 Å². The highest BCUT2D eigenvalue weighted by Crippen LogP contribution is 2.25. The first-order chi connectivity index (χ1) is 12.8. The highest BCUT2D eigenvalue weighted by molar-refractivity contribution is 7.89. The smallest absolute Gasteiger partial charge is 0.253 e. The van der Waals surface area contributed by atoms with Crippen LogP contribution in [0.15, 0.2) is 48.5 Å². The van der Waals surface area contributed by atoms with E-state index in [1.165, 1.54) is 24.8 Å². The molecule has 0 atom stereocenters. The third-order valence-corrected chi connectivity index (χ3v) is 5.65. The summed E-state index contributed by atoms with van der Waals surface area (Å²) in [4.78, 5) is 16.9. The van der Waals surface area contributed by atoms with Gasteiger partial charge in [0.25, 0.3) is 5.91 Å². The number of carbonyl (C=O) groups excluding carboxylic acids is 1. The fourth-order valence-corrected chi connectivity index (χ4v) is 4.34. The van der Waals surface area contributed by atoms with Gasteiger partial charge in [0.1, 0.15) is 0 Å². The zero-order valence-electron chi connectivity index (χ0n) is 15.9. The van der Waals surface area contributed by atoms with Crippen LogP contribution >= 0.6 is 0 Å². The molecule has 2 aromatic rings. The van der Waals surface area contributed by atoms with Gasteiger partial charge in [0.05, 0.1) is 5.75 Å². The summed E-state index contributed by atoms with van der Waals surface area (Å²) in [7, 11) is -1.35. The standard InChI is InChI=1S/C21H26N2O3S/c1-22(15-19-9-3-4-11-20(19)23-12-5-6-13-23)21(24)18-10-7-8-17(14-18)16-27(2,25)26/h3-4,7-11,14H,5-6,12-13,15-16H2,1-2H3. The number of sulfone groups is 1. The zero-order valence-corrected chi connectivity index (χ0v) is 16.7. The maximum Gasteiger partial charge on any atom is 0.253 e. The highest BCUT2D eigenvalue weighted by Gasteiger charge is 2.18. The number of hydrogen-bond acceptors (Lipinski definition) is 4.